The van der Waals surface area contributed by atoms with Crippen LogP contribution in [-0.2, 0) is 9.53 Å². The van der Waals surface area contributed by atoms with Crippen LogP contribution < -0.4 is 0 Å². The Hall–Kier alpha value is -0.910. The predicted molar refractivity (Wildman–Crippen MR) is 84.1 cm³/mol. The van der Waals surface area contributed by atoms with E-state index < -0.39 is 0 Å². The fourth-order valence-electron chi connectivity index (χ4n) is 2.07. The van der Waals surface area contributed by atoms with Crippen molar-refractivity contribution in [3.05, 3.63) is 12.7 Å². The Labute approximate surface area is 128 Å². The maximum absolute atomic E-state index is 11.5. The lowest BCUT2D eigenvalue weighted by Gasteiger charge is -2.19. The van der Waals surface area contributed by atoms with Crippen LogP contribution in [0, 0.1) is 0 Å². The molecule has 0 aliphatic heterocycles. The standard InChI is InChI=1S/C16H31NO4/c1-2-3-4-5-6-7-8-9-16(20)21-15-12-17(10-13-18)11-14-19/h2,18-19H,1,3-15H2. The third-order valence-electron chi connectivity index (χ3n) is 3.29. The first-order chi connectivity index (χ1) is 10.2. The van der Waals surface area contributed by atoms with Gasteiger partial charge in [0.2, 0.25) is 0 Å². The van der Waals surface area contributed by atoms with Gasteiger partial charge in [-0.1, -0.05) is 25.3 Å². The summed E-state index contributed by atoms with van der Waals surface area (Å²) in [6, 6.07) is 0. The Bertz CT molecular complexity index is 253. The molecule has 0 aromatic heterocycles. The molecule has 0 heterocycles. The van der Waals surface area contributed by atoms with Gasteiger partial charge in [0.1, 0.15) is 6.61 Å². The first kappa shape index (κ1) is 20.1. The van der Waals surface area contributed by atoms with E-state index in [9.17, 15) is 4.79 Å². The first-order valence-electron chi connectivity index (χ1n) is 7.95. The van der Waals surface area contributed by atoms with Crippen molar-refractivity contribution in [3.8, 4) is 0 Å². The zero-order valence-electron chi connectivity index (χ0n) is 13.1. The summed E-state index contributed by atoms with van der Waals surface area (Å²) < 4.78 is 5.15. The van der Waals surface area contributed by atoms with Crippen LogP contribution in [0.2, 0.25) is 0 Å². The maximum Gasteiger partial charge on any atom is 0.305 e. The molecule has 0 amide bonds. The van der Waals surface area contributed by atoms with E-state index in [1.807, 2.05) is 11.0 Å². The van der Waals surface area contributed by atoms with Crippen LogP contribution in [-0.4, -0.2) is 60.5 Å². The van der Waals surface area contributed by atoms with Crippen molar-refractivity contribution < 1.29 is 19.7 Å². The van der Waals surface area contributed by atoms with Gasteiger partial charge in [0.15, 0.2) is 0 Å². The van der Waals surface area contributed by atoms with Crippen molar-refractivity contribution >= 4 is 5.97 Å². The summed E-state index contributed by atoms with van der Waals surface area (Å²) in [5, 5.41) is 17.7. The summed E-state index contributed by atoms with van der Waals surface area (Å²) in [6.07, 6.45) is 8.95. The maximum atomic E-state index is 11.5. The number of rotatable bonds is 15. The summed E-state index contributed by atoms with van der Waals surface area (Å²) >= 11 is 0. The number of carbonyl (C=O) groups is 1. The second-order valence-corrected chi connectivity index (χ2v) is 5.10. The number of esters is 1. The molecule has 2 N–H and O–H groups in total. The third-order valence-corrected chi connectivity index (χ3v) is 3.29. The Kier molecular flexibility index (Phi) is 14.8. The summed E-state index contributed by atoms with van der Waals surface area (Å²) in [6.45, 7) is 5.62. The molecular formula is C16H31NO4. The molecule has 0 bridgehead atoms. The number of hydrogen-bond donors (Lipinski definition) is 2. The molecule has 0 rings (SSSR count). The molecule has 0 fully saturated rings. The van der Waals surface area contributed by atoms with Crippen LogP contribution in [0.25, 0.3) is 0 Å². The van der Waals surface area contributed by atoms with Gasteiger partial charge in [0.25, 0.3) is 0 Å². The predicted octanol–water partition coefficient (Wildman–Crippen LogP) is 1.73. The van der Waals surface area contributed by atoms with Crippen molar-refractivity contribution in [2.75, 3.05) is 39.5 Å². The quantitative estimate of drug-likeness (QED) is 0.274. The van der Waals surface area contributed by atoms with E-state index in [-0.39, 0.29) is 19.2 Å². The molecule has 0 aliphatic rings. The molecule has 0 spiro atoms. The van der Waals surface area contributed by atoms with Crippen molar-refractivity contribution in [3.63, 3.8) is 0 Å². The Morgan fingerprint density at radius 1 is 1.00 bits per heavy atom. The van der Waals surface area contributed by atoms with Gasteiger partial charge in [-0.05, 0) is 19.3 Å². The van der Waals surface area contributed by atoms with E-state index in [0.29, 0.717) is 32.7 Å². The van der Waals surface area contributed by atoms with Crippen LogP contribution in [0.15, 0.2) is 12.7 Å². The zero-order valence-corrected chi connectivity index (χ0v) is 13.1. The first-order valence-corrected chi connectivity index (χ1v) is 7.95. The van der Waals surface area contributed by atoms with Gasteiger partial charge in [-0.25, -0.2) is 0 Å². The van der Waals surface area contributed by atoms with Crippen molar-refractivity contribution in [2.45, 2.75) is 44.9 Å². The van der Waals surface area contributed by atoms with Crippen molar-refractivity contribution in [1.29, 1.82) is 0 Å². The SMILES string of the molecule is C=CCCCCCCCC(=O)OCCN(CCO)CCO. The smallest absolute Gasteiger partial charge is 0.305 e. The van der Waals surface area contributed by atoms with Crippen LogP contribution in [0.3, 0.4) is 0 Å². The zero-order chi connectivity index (χ0) is 15.8. The van der Waals surface area contributed by atoms with Gasteiger partial charge in [0, 0.05) is 26.1 Å². The fourth-order valence-corrected chi connectivity index (χ4v) is 2.07. The van der Waals surface area contributed by atoms with E-state index in [0.717, 1.165) is 25.7 Å². The van der Waals surface area contributed by atoms with Crippen LogP contribution in [0.4, 0.5) is 0 Å². The molecule has 0 aromatic rings. The molecule has 0 radical (unpaired) electrons. The largest absolute Gasteiger partial charge is 0.464 e. The van der Waals surface area contributed by atoms with E-state index in [1.54, 1.807) is 0 Å². The fraction of sp³-hybridized carbons (Fsp3) is 0.812. The van der Waals surface area contributed by atoms with Crippen LogP contribution in [0.5, 0.6) is 0 Å². The summed E-state index contributed by atoms with van der Waals surface area (Å²) in [5.41, 5.74) is 0. The molecule has 124 valence electrons. The molecule has 0 saturated heterocycles. The van der Waals surface area contributed by atoms with Gasteiger partial charge in [-0.2, -0.15) is 0 Å². The van der Waals surface area contributed by atoms with Crippen LogP contribution >= 0.6 is 0 Å². The second kappa shape index (κ2) is 15.5. The monoisotopic (exact) mass is 301 g/mol. The summed E-state index contributed by atoms with van der Waals surface area (Å²) in [7, 11) is 0. The molecule has 21 heavy (non-hydrogen) atoms. The molecule has 5 heteroatoms. The Balaban J connectivity index is 3.46. The number of nitrogens with zero attached hydrogens (tertiary/aromatic N) is 1. The van der Waals surface area contributed by atoms with Crippen molar-refractivity contribution in [1.82, 2.24) is 4.90 Å². The van der Waals surface area contributed by atoms with E-state index in [1.165, 1.54) is 12.8 Å². The lowest BCUT2D eigenvalue weighted by Crippen LogP contribution is -2.33. The number of ether oxygens (including phenoxy) is 1. The minimum absolute atomic E-state index is 0.0415. The van der Waals surface area contributed by atoms with Gasteiger partial charge in [0.05, 0.1) is 13.2 Å². The lowest BCUT2D eigenvalue weighted by atomic mass is 10.1. The highest BCUT2D eigenvalue weighted by Gasteiger charge is 2.06. The van der Waals surface area contributed by atoms with Gasteiger partial charge in [-0.15, -0.1) is 6.58 Å². The topological polar surface area (TPSA) is 70.0 Å². The number of aliphatic hydroxyl groups excluding tert-OH is 2. The van der Waals surface area contributed by atoms with Gasteiger partial charge in [-0.3, -0.25) is 9.69 Å². The molecule has 0 aromatic carbocycles. The van der Waals surface area contributed by atoms with Crippen LogP contribution in [0.1, 0.15) is 44.9 Å². The molecule has 5 nitrogen and oxygen atoms in total. The number of aliphatic hydroxyl groups is 2. The molecule has 0 atom stereocenters. The van der Waals surface area contributed by atoms with Crippen molar-refractivity contribution in [2.24, 2.45) is 0 Å². The highest BCUT2D eigenvalue weighted by atomic mass is 16.5. The van der Waals surface area contributed by atoms with E-state index >= 15 is 0 Å². The van der Waals surface area contributed by atoms with E-state index in [4.69, 9.17) is 14.9 Å². The molecule has 0 saturated carbocycles. The Morgan fingerprint density at radius 2 is 1.62 bits per heavy atom. The number of allylic oxidation sites excluding steroid dienone is 1. The molecule has 0 unspecified atom stereocenters. The number of hydrogen-bond acceptors (Lipinski definition) is 5. The van der Waals surface area contributed by atoms with E-state index in [2.05, 4.69) is 6.58 Å². The molecular weight excluding hydrogens is 270 g/mol. The number of unbranched alkanes of at least 4 members (excludes halogenated alkanes) is 5. The minimum atomic E-state index is -0.158. The minimum Gasteiger partial charge on any atom is -0.464 e. The second-order valence-electron chi connectivity index (χ2n) is 5.10. The molecule has 0 aliphatic carbocycles. The summed E-state index contributed by atoms with van der Waals surface area (Å²) in [4.78, 5) is 13.4. The highest BCUT2D eigenvalue weighted by Crippen LogP contribution is 2.07. The third kappa shape index (κ3) is 13.8. The average Bonchev–Trinajstić information content (AvgIpc) is 2.47. The summed E-state index contributed by atoms with van der Waals surface area (Å²) in [5.74, 6) is -0.158. The number of carbonyl (C=O) groups excluding carboxylic acids is 1. The van der Waals surface area contributed by atoms with Gasteiger partial charge >= 0.3 is 5.97 Å². The normalized spacial score (nSPS) is 10.8. The van der Waals surface area contributed by atoms with Gasteiger partial charge < -0.3 is 14.9 Å². The lowest BCUT2D eigenvalue weighted by molar-refractivity contribution is -0.144. The Morgan fingerprint density at radius 3 is 2.24 bits per heavy atom. The average molecular weight is 301 g/mol. The highest BCUT2D eigenvalue weighted by molar-refractivity contribution is 5.69.